The number of nitrogens with one attached hydrogen (secondary N) is 1. The number of aliphatic hydroxyl groups is 1. The topological polar surface area (TPSA) is 74.6 Å². The highest BCUT2D eigenvalue weighted by atomic mass is 35.5. The van der Waals surface area contributed by atoms with E-state index >= 15 is 0 Å². The second-order valence-electron chi connectivity index (χ2n) is 8.66. The lowest BCUT2D eigenvalue weighted by Gasteiger charge is -2.39. The zero-order chi connectivity index (χ0) is 17.8. The average molecular weight is 394 g/mol. The summed E-state index contributed by atoms with van der Waals surface area (Å²) in [6, 6.07) is 4.14. The van der Waals surface area contributed by atoms with Crippen LogP contribution in [0.4, 0.5) is 0 Å². The van der Waals surface area contributed by atoms with Crippen LogP contribution in [-0.2, 0) is 6.54 Å². The lowest BCUT2D eigenvalue weighted by Crippen LogP contribution is -2.50. The fourth-order valence-electron chi connectivity index (χ4n) is 5.86. The van der Waals surface area contributed by atoms with E-state index < -0.39 is 0 Å². The molecule has 0 radical (unpaired) electrons. The van der Waals surface area contributed by atoms with Crippen molar-refractivity contribution in [2.45, 2.75) is 56.7 Å². The van der Waals surface area contributed by atoms with Crippen molar-refractivity contribution in [2.75, 3.05) is 19.7 Å². The van der Waals surface area contributed by atoms with Crippen molar-refractivity contribution in [3.63, 3.8) is 0 Å². The van der Waals surface area contributed by atoms with Crippen LogP contribution in [0.25, 0.3) is 0 Å². The first-order chi connectivity index (χ1) is 12.7. The molecule has 5 rings (SSSR count). The molecular weight excluding hydrogens is 366 g/mol. The maximum Gasteiger partial charge on any atom is 0.263 e. The van der Waals surface area contributed by atoms with Gasteiger partial charge in [-0.2, -0.15) is 0 Å². The van der Waals surface area contributed by atoms with Gasteiger partial charge in [0, 0.05) is 43.4 Å². The molecule has 7 heteroatoms. The number of aromatic nitrogens is 1. The summed E-state index contributed by atoms with van der Waals surface area (Å²) in [5.41, 5.74) is 1.31. The van der Waals surface area contributed by atoms with E-state index in [0.29, 0.717) is 23.3 Å². The fraction of sp³-hybridized carbons (Fsp3) is 0.700. The molecule has 3 saturated heterocycles. The Morgan fingerprint density at radius 1 is 1.15 bits per heavy atom. The van der Waals surface area contributed by atoms with E-state index in [-0.39, 0.29) is 42.6 Å². The van der Waals surface area contributed by atoms with Crippen LogP contribution in [0.3, 0.4) is 0 Å². The molecule has 1 aromatic rings. The molecule has 6 nitrogen and oxygen atoms in total. The molecule has 4 bridgehead atoms. The van der Waals surface area contributed by atoms with Gasteiger partial charge in [0.05, 0.1) is 0 Å². The number of halogens is 1. The highest BCUT2D eigenvalue weighted by Gasteiger charge is 2.44. The Bertz CT molecular complexity index is 781. The normalized spacial score (nSPS) is 34.0. The van der Waals surface area contributed by atoms with E-state index in [1.807, 2.05) is 15.5 Å². The first-order valence-electron chi connectivity index (χ1n) is 10.0. The molecule has 1 amide bonds. The van der Waals surface area contributed by atoms with Crippen LogP contribution in [0.15, 0.2) is 16.9 Å². The van der Waals surface area contributed by atoms with Crippen molar-refractivity contribution in [2.24, 2.45) is 11.8 Å². The summed E-state index contributed by atoms with van der Waals surface area (Å²) in [5.74, 6) is 1.08. The van der Waals surface area contributed by atoms with Gasteiger partial charge < -0.3 is 19.9 Å². The van der Waals surface area contributed by atoms with E-state index in [1.165, 1.54) is 0 Å². The summed E-state index contributed by atoms with van der Waals surface area (Å²) >= 11 is 0. The number of carbonyl (C=O) groups is 1. The highest BCUT2D eigenvalue weighted by Crippen LogP contribution is 2.39. The minimum atomic E-state index is -0.104. The second kappa shape index (κ2) is 7.22. The number of nitrogens with zero attached hydrogens (tertiary/aromatic N) is 2. The van der Waals surface area contributed by atoms with Crippen LogP contribution < -0.4 is 10.9 Å². The third-order valence-electron chi connectivity index (χ3n) is 7.06. The van der Waals surface area contributed by atoms with Gasteiger partial charge in [-0.15, -0.1) is 12.4 Å². The minimum absolute atomic E-state index is 0. The summed E-state index contributed by atoms with van der Waals surface area (Å²) in [6.07, 6.45) is 4.85. The van der Waals surface area contributed by atoms with Crippen molar-refractivity contribution in [1.29, 1.82) is 0 Å². The molecule has 148 valence electrons. The molecule has 1 aromatic heterocycles. The Labute approximate surface area is 165 Å². The van der Waals surface area contributed by atoms with Gasteiger partial charge >= 0.3 is 0 Å². The number of pyridine rings is 1. The van der Waals surface area contributed by atoms with Crippen LogP contribution in [-0.4, -0.2) is 52.3 Å². The molecule has 2 N–H and O–H groups in total. The molecule has 0 aliphatic carbocycles. The molecule has 4 aliphatic rings. The molecule has 5 heterocycles. The number of rotatable bonds is 2. The Morgan fingerprint density at radius 3 is 2.59 bits per heavy atom. The Balaban J connectivity index is 0.00000180. The largest absolute Gasteiger partial charge is 0.396 e. The van der Waals surface area contributed by atoms with Crippen LogP contribution in [0, 0.1) is 11.8 Å². The van der Waals surface area contributed by atoms with Gasteiger partial charge in [-0.05, 0) is 62.6 Å². The van der Waals surface area contributed by atoms with E-state index in [4.69, 9.17) is 0 Å². The van der Waals surface area contributed by atoms with Gasteiger partial charge in [0.15, 0.2) is 0 Å². The van der Waals surface area contributed by atoms with Gasteiger partial charge in [0.2, 0.25) is 0 Å². The van der Waals surface area contributed by atoms with Gasteiger partial charge in [-0.1, -0.05) is 0 Å². The highest BCUT2D eigenvalue weighted by molar-refractivity contribution is 5.94. The van der Waals surface area contributed by atoms with E-state index in [0.717, 1.165) is 57.4 Å². The van der Waals surface area contributed by atoms with Gasteiger partial charge in [0.1, 0.15) is 5.56 Å². The number of aliphatic hydroxyl groups excluding tert-OH is 1. The summed E-state index contributed by atoms with van der Waals surface area (Å²) in [5, 5.41) is 12.9. The van der Waals surface area contributed by atoms with Crippen LogP contribution in [0.2, 0.25) is 0 Å². The van der Waals surface area contributed by atoms with Crippen LogP contribution in [0.1, 0.15) is 54.1 Å². The SMILES string of the molecule is Cl.O=C(c1ccc2n(c1=O)C[C@@H]1CNC[C@H]2C1)N1[C@@H]2CC[C@H]1CC(CO)C2. The van der Waals surface area contributed by atoms with Crippen molar-refractivity contribution in [1.82, 2.24) is 14.8 Å². The van der Waals surface area contributed by atoms with Crippen LogP contribution in [0.5, 0.6) is 0 Å². The molecule has 5 atom stereocenters. The molecular formula is C20H28ClN3O3. The number of piperidine rings is 2. The summed E-state index contributed by atoms with van der Waals surface area (Å²) in [6.45, 7) is 2.80. The Morgan fingerprint density at radius 2 is 1.89 bits per heavy atom. The number of hydrogen-bond donors (Lipinski definition) is 2. The molecule has 4 aliphatic heterocycles. The lowest BCUT2D eigenvalue weighted by molar-refractivity contribution is 0.0450. The third kappa shape index (κ3) is 3.02. The van der Waals surface area contributed by atoms with E-state index in [2.05, 4.69) is 5.32 Å². The second-order valence-corrected chi connectivity index (χ2v) is 8.66. The van der Waals surface area contributed by atoms with Crippen molar-refractivity contribution >= 4 is 18.3 Å². The predicted molar refractivity (Wildman–Crippen MR) is 104 cm³/mol. The monoisotopic (exact) mass is 393 g/mol. The quantitative estimate of drug-likeness (QED) is 0.795. The zero-order valence-electron chi connectivity index (χ0n) is 15.5. The lowest BCUT2D eigenvalue weighted by atomic mass is 9.84. The number of amides is 1. The number of carbonyl (C=O) groups excluding carboxylic acids is 1. The minimum Gasteiger partial charge on any atom is -0.396 e. The van der Waals surface area contributed by atoms with Crippen molar-refractivity contribution < 1.29 is 9.90 Å². The molecule has 0 spiro atoms. The predicted octanol–water partition coefficient (Wildman–Crippen LogP) is 1.35. The fourth-order valence-corrected chi connectivity index (χ4v) is 5.86. The first kappa shape index (κ1) is 19.0. The van der Waals surface area contributed by atoms with Crippen molar-refractivity contribution in [3.05, 3.63) is 33.7 Å². The molecule has 27 heavy (non-hydrogen) atoms. The Hall–Kier alpha value is -1.37. The number of hydrogen-bond acceptors (Lipinski definition) is 4. The summed E-state index contributed by atoms with van der Waals surface area (Å²) in [4.78, 5) is 28.3. The maximum absolute atomic E-state index is 13.2. The summed E-state index contributed by atoms with van der Waals surface area (Å²) in [7, 11) is 0. The molecule has 0 saturated carbocycles. The third-order valence-corrected chi connectivity index (χ3v) is 7.06. The number of fused-ring (bicyclic) bond motifs is 6. The van der Waals surface area contributed by atoms with Gasteiger partial charge in [-0.3, -0.25) is 9.59 Å². The zero-order valence-corrected chi connectivity index (χ0v) is 16.3. The van der Waals surface area contributed by atoms with Gasteiger partial charge in [0.25, 0.3) is 11.5 Å². The standard InChI is InChI=1S/C20H27N3O3.ClH/c24-11-12-6-15-1-2-16(7-12)23(15)20(26)17-3-4-18-14-5-13(8-21-9-14)10-22(18)19(17)25;/h3-4,12-16,21,24H,1-2,5-11H2;1H/t12?,13-,14+,15-,16+;/m0./s1. The Kier molecular flexibility index (Phi) is 5.08. The van der Waals surface area contributed by atoms with E-state index in [1.54, 1.807) is 6.07 Å². The first-order valence-corrected chi connectivity index (χ1v) is 10.0. The molecule has 1 unspecified atom stereocenters. The van der Waals surface area contributed by atoms with Crippen LogP contribution >= 0.6 is 12.4 Å². The smallest absolute Gasteiger partial charge is 0.263 e. The molecule has 3 fully saturated rings. The summed E-state index contributed by atoms with van der Waals surface area (Å²) < 4.78 is 1.87. The maximum atomic E-state index is 13.2. The average Bonchev–Trinajstić information content (AvgIpc) is 2.92. The van der Waals surface area contributed by atoms with E-state index in [9.17, 15) is 14.7 Å². The van der Waals surface area contributed by atoms with Gasteiger partial charge in [-0.25, -0.2) is 0 Å². The molecule has 0 aromatic carbocycles. The van der Waals surface area contributed by atoms with Crippen molar-refractivity contribution in [3.8, 4) is 0 Å².